The van der Waals surface area contributed by atoms with E-state index in [1.165, 1.54) is 0 Å². The molecule has 0 saturated carbocycles. The van der Waals surface area contributed by atoms with E-state index in [9.17, 15) is 4.79 Å². The molecule has 3 aromatic heterocycles. The average Bonchev–Trinajstić information content (AvgIpc) is 2.90. The fraction of sp³-hybridized carbons (Fsp3) is 0. The number of hydrogen-bond donors (Lipinski definition) is 2. The van der Waals surface area contributed by atoms with Crippen LogP contribution < -0.4 is 5.56 Å². The summed E-state index contributed by atoms with van der Waals surface area (Å²) < 4.78 is 0. The first kappa shape index (κ1) is 11.0. The second-order valence-corrected chi connectivity index (χ2v) is 4.75. The second-order valence-electron chi connectivity index (χ2n) is 4.75. The predicted octanol–water partition coefficient (Wildman–Crippen LogP) is 3.07. The molecule has 0 saturated heterocycles. The van der Waals surface area contributed by atoms with E-state index in [0.29, 0.717) is 5.56 Å². The molecule has 4 heteroatoms. The minimum absolute atomic E-state index is 0.0942. The molecule has 1 aromatic carbocycles. The SMILES string of the molecule is O=c1[nH]c2ccccc2cc1-c1cc2cnccc2[nH]1. The van der Waals surface area contributed by atoms with Crippen LogP contribution in [0.5, 0.6) is 0 Å². The number of benzene rings is 1. The van der Waals surface area contributed by atoms with Gasteiger partial charge in [0.1, 0.15) is 0 Å². The number of nitrogens with zero attached hydrogens (tertiary/aromatic N) is 1. The summed E-state index contributed by atoms with van der Waals surface area (Å²) in [6.45, 7) is 0. The molecule has 0 bridgehead atoms. The third kappa shape index (κ3) is 1.62. The van der Waals surface area contributed by atoms with Crippen LogP contribution in [0.15, 0.2) is 59.7 Å². The van der Waals surface area contributed by atoms with Gasteiger partial charge in [0, 0.05) is 28.8 Å². The number of para-hydroxylation sites is 1. The maximum atomic E-state index is 12.2. The van der Waals surface area contributed by atoms with Crippen LogP contribution in [-0.4, -0.2) is 15.0 Å². The van der Waals surface area contributed by atoms with Crippen LogP contribution in [0.25, 0.3) is 33.1 Å². The van der Waals surface area contributed by atoms with Crippen molar-refractivity contribution in [1.82, 2.24) is 15.0 Å². The first-order valence-corrected chi connectivity index (χ1v) is 6.36. The fourth-order valence-electron chi connectivity index (χ4n) is 2.46. The zero-order valence-corrected chi connectivity index (χ0v) is 10.6. The maximum absolute atomic E-state index is 12.2. The summed E-state index contributed by atoms with van der Waals surface area (Å²) in [6, 6.07) is 13.5. The molecule has 0 unspecified atom stereocenters. The standard InChI is InChI=1S/C16H11N3O/c20-16-12(7-10-3-1-2-4-13(10)19-16)15-8-11-9-17-6-5-14(11)18-15/h1-9,18H,(H,19,20). The van der Waals surface area contributed by atoms with Crippen molar-refractivity contribution in [3.8, 4) is 11.3 Å². The van der Waals surface area contributed by atoms with Crippen molar-refractivity contribution in [3.63, 3.8) is 0 Å². The Morgan fingerprint density at radius 3 is 2.65 bits per heavy atom. The zero-order valence-electron chi connectivity index (χ0n) is 10.6. The highest BCUT2D eigenvalue weighted by Gasteiger charge is 2.08. The number of fused-ring (bicyclic) bond motifs is 2. The van der Waals surface area contributed by atoms with Crippen LogP contribution in [-0.2, 0) is 0 Å². The van der Waals surface area contributed by atoms with Crippen molar-refractivity contribution >= 4 is 21.8 Å². The van der Waals surface area contributed by atoms with Gasteiger partial charge < -0.3 is 9.97 Å². The number of pyridine rings is 2. The lowest BCUT2D eigenvalue weighted by atomic mass is 10.1. The number of nitrogens with one attached hydrogen (secondary N) is 2. The number of H-pyrrole nitrogens is 2. The van der Waals surface area contributed by atoms with E-state index in [2.05, 4.69) is 15.0 Å². The van der Waals surface area contributed by atoms with Gasteiger partial charge in [0.25, 0.3) is 5.56 Å². The monoisotopic (exact) mass is 261 g/mol. The first-order valence-electron chi connectivity index (χ1n) is 6.36. The van der Waals surface area contributed by atoms with Crippen molar-refractivity contribution < 1.29 is 0 Å². The molecule has 4 rings (SSSR count). The van der Waals surface area contributed by atoms with Crippen LogP contribution in [0.4, 0.5) is 0 Å². The van der Waals surface area contributed by atoms with Gasteiger partial charge in [0.2, 0.25) is 0 Å². The van der Waals surface area contributed by atoms with Crippen molar-refractivity contribution in [2.45, 2.75) is 0 Å². The lowest BCUT2D eigenvalue weighted by Crippen LogP contribution is -2.08. The van der Waals surface area contributed by atoms with Crippen molar-refractivity contribution in [2.24, 2.45) is 0 Å². The van der Waals surface area contributed by atoms with Crippen molar-refractivity contribution in [1.29, 1.82) is 0 Å². The summed E-state index contributed by atoms with van der Waals surface area (Å²) >= 11 is 0. The van der Waals surface area contributed by atoms with E-state index in [4.69, 9.17) is 0 Å². The largest absolute Gasteiger partial charge is 0.354 e. The Morgan fingerprint density at radius 2 is 1.75 bits per heavy atom. The van der Waals surface area contributed by atoms with Crippen LogP contribution in [0.2, 0.25) is 0 Å². The summed E-state index contributed by atoms with van der Waals surface area (Å²) in [6.07, 6.45) is 3.51. The van der Waals surface area contributed by atoms with Gasteiger partial charge in [-0.1, -0.05) is 18.2 Å². The molecule has 0 atom stereocenters. The number of aromatic nitrogens is 3. The van der Waals surface area contributed by atoms with Gasteiger partial charge >= 0.3 is 0 Å². The fourth-order valence-corrected chi connectivity index (χ4v) is 2.46. The van der Waals surface area contributed by atoms with Crippen LogP contribution in [0.3, 0.4) is 0 Å². The van der Waals surface area contributed by atoms with Gasteiger partial charge in [0.15, 0.2) is 0 Å². The molecule has 0 fully saturated rings. The average molecular weight is 261 g/mol. The summed E-state index contributed by atoms with van der Waals surface area (Å²) in [5, 5.41) is 2.01. The molecule has 0 aliphatic heterocycles. The molecule has 0 radical (unpaired) electrons. The molecule has 3 heterocycles. The van der Waals surface area contributed by atoms with E-state index >= 15 is 0 Å². The molecule has 4 aromatic rings. The van der Waals surface area contributed by atoms with Gasteiger partial charge in [-0.05, 0) is 29.7 Å². The Morgan fingerprint density at radius 1 is 0.900 bits per heavy atom. The highest BCUT2D eigenvalue weighted by molar-refractivity contribution is 5.88. The topological polar surface area (TPSA) is 61.5 Å². The Hall–Kier alpha value is -2.88. The van der Waals surface area contributed by atoms with E-state index in [1.54, 1.807) is 12.4 Å². The Balaban J connectivity index is 2.01. The van der Waals surface area contributed by atoms with Crippen LogP contribution in [0.1, 0.15) is 0 Å². The summed E-state index contributed by atoms with van der Waals surface area (Å²) in [7, 11) is 0. The molecule has 2 N–H and O–H groups in total. The van der Waals surface area contributed by atoms with Crippen molar-refractivity contribution in [3.05, 3.63) is 65.2 Å². The smallest absolute Gasteiger partial charge is 0.257 e. The van der Waals surface area contributed by atoms with Gasteiger partial charge in [0.05, 0.1) is 11.3 Å². The Labute approximate surface area is 114 Å². The Kier molecular flexibility index (Phi) is 2.23. The highest BCUT2D eigenvalue weighted by Crippen LogP contribution is 2.22. The summed E-state index contributed by atoms with van der Waals surface area (Å²) in [5.74, 6) is 0. The van der Waals surface area contributed by atoms with E-state index < -0.39 is 0 Å². The summed E-state index contributed by atoms with van der Waals surface area (Å²) in [4.78, 5) is 22.5. The third-order valence-electron chi connectivity index (χ3n) is 3.46. The molecule has 4 nitrogen and oxygen atoms in total. The first-order chi connectivity index (χ1) is 9.81. The molecular weight excluding hydrogens is 250 g/mol. The Bertz CT molecular complexity index is 949. The van der Waals surface area contributed by atoms with Crippen LogP contribution in [0, 0.1) is 0 Å². The molecule has 0 spiro atoms. The van der Waals surface area contributed by atoms with Crippen molar-refractivity contribution in [2.75, 3.05) is 0 Å². The molecular formula is C16H11N3O. The van der Waals surface area contributed by atoms with E-state index in [-0.39, 0.29) is 5.56 Å². The van der Waals surface area contributed by atoms with Gasteiger partial charge in [-0.3, -0.25) is 9.78 Å². The highest BCUT2D eigenvalue weighted by atomic mass is 16.1. The third-order valence-corrected chi connectivity index (χ3v) is 3.46. The lowest BCUT2D eigenvalue weighted by molar-refractivity contribution is 1.29. The normalized spacial score (nSPS) is 11.2. The lowest BCUT2D eigenvalue weighted by Gasteiger charge is -2.01. The van der Waals surface area contributed by atoms with Gasteiger partial charge in [-0.15, -0.1) is 0 Å². The maximum Gasteiger partial charge on any atom is 0.257 e. The predicted molar refractivity (Wildman–Crippen MR) is 79.7 cm³/mol. The van der Waals surface area contributed by atoms with E-state index in [1.807, 2.05) is 42.5 Å². The minimum Gasteiger partial charge on any atom is -0.354 e. The van der Waals surface area contributed by atoms with Gasteiger partial charge in [-0.25, -0.2) is 0 Å². The van der Waals surface area contributed by atoms with E-state index in [0.717, 1.165) is 27.5 Å². The summed E-state index contributed by atoms with van der Waals surface area (Å²) in [5.41, 5.74) is 3.17. The quantitative estimate of drug-likeness (QED) is 0.553. The number of rotatable bonds is 1. The molecule has 20 heavy (non-hydrogen) atoms. The van der Waals surface area contributed by atoms with Crippen LogP contribution >= 0.6 is 0 Å². The second kappa shape index (κ2) is 4.06. The number of hydrogen-bond acceptors (Lipinski definition) is 2. The molecule has 0 aliphatic rings. The molecule has 0 aliphatic carbocycles. The number of aromatic amines is 2. The molecule has 96 valence electrons. The molecule has 0 amide bonds. The zero-order chi connectivity index (χ0) is 13.5. The minimum atomic E-state index is -0.0942. The van der Waals surface area contributed by atoms with Gasteiger partial charge in [-0.2, -0.15) is 0 Å².